The van der Waals surface area contributed by atoms with Gasteiger partial charge in [-0.15, -0.1) is 11.3 Å². The molecule has 0 N–H and O–H groups in total. The average molecular weight is 300 g/mol. The van der Waals surface area contributed by atoms with Crippen LogP contribution in [0.15, 0.2) is 17.5 Å². The zero-order valence-electron chi connectivity index (χ0n) is 10.9. The van der Waals surface area contributed by atoms with Crippen LogP contribution in [0.2, 0.25) is 5.02 Å². The monoisotopic (exact) mass is 299 g/mol. The second-order valence-corrected chi connectivity index (χ2v) is 5.04. The molecule has 1 heterocycles. The Kier molecular flexibility index (Phi) is 4.63. The molecular weight excluding hydrogens is 286 g/mol. The molecule has 0 spiro atoms. The lowest BCUT2D eigenvalue weighted by Gasteiger charge is -2.10. The first-order valence-electron chi connectivity index (χ1n) is 5.54. The van der Waals surface area contributed by atoms with E-state index in [0.717, 1.165) is 16.3 Å². The Hall–Kier alpha value is -1.30. The molecule has 0 aliphatic rings. The summed E-state index contributed by atoms with van der Waals surface area (Å²) >= 11 is 7.72. The number of benzene rings is 1. The van der Waals surface area contributed by atoms with Gasteiger partial charge in [0.1, 0.15) is 5.01 Å². The summed E-state index contributed by atoms with van der Waals surface area (Å²) in [5, 5.41) is 3.33. The maximum atomic E-state index is 6.18. The summed E-state index contributed by atoms with van der Waals surface area (Å²) in [4.78, 5) is 4.48. The fraction of sp³-hybridized carbons (Fsp3) is 0.308. The number of aromatic nitrogens is 1. The second-order valence-electron chi connectivity index (χ2n) is 3.77. The zero-order valence-corrected chi connectivity index (χ0v) is 12.5. The first kappa shape index (κ1) is 14.1. The van der Waals surface area contributed by atoms with Gasteiger partial charge in [0.25, 0.3) is 0 Å². The normalized spacial score (nSPS) is 10.5. The van der Waals surface area contributed by atoms with Crippen LogP contribution >= 0.6 is 22.9 Å². The van der Waals surface area contributed by atoms with Gasteiger partial charge in [-0.2, -0.15) is 0 Å². The van der Waals surface area contributed by atoms with Gasteiger partial charge in [-0.1, -0.05) is 11.6 Å². The van der Waals surface area contributed by atoms with Crippen LogP contribution in [0.3, 0.4) is 0 Å². The molecule has 0 radical (unpaired) electrons. The molecule has 1 aromatic heterocycles. The Morgan fingerprint density at radius 2 is 2.00 bits per heavy atom. The van der Waals surface area contributed by atoms with Crippen molar-refractivity contribution in [3.63, 3.8) is 0 Å². The van der Waals surface area contributed by atoms with Crippen molar-refractivity contribution in [1.82, 2.24) is 4.98 Å². The Morgan fingerprint density at radius 1 is 1.21 bits per heavy atom. The topological polar surface area (TPSA) is 40.6 Å². The molecule has 19 heavy (non-hydrogen) atoms. The van der Waals surface area contributed by atoms with Gasteiger partial charge >= 0.3 is 0 Å². The highest BCUT2D eigenvalue weighted by molar-refractivity contribution is 7.13. The maximum absolute atomic E-state index is 6.18. The molecule has 6 heteroatoms. The molecule has 0 saturated carbocycles. The van der Waals surface area contributed by atoms with Gasteiger partial charge in [0.2, 0.25) is 0 Å². The summed E-state index contributed by atoms with van der Waals surface area (Å²) < 4.78 is 15.5. The van der Waals surface area contributed by atoms with Crippen molar-refractivity contribution < 1.29 is 14.2 Å². The summed E-state index contributed by atoms with van der Waals surface area (Å²) in [5.41, 5.74) is 1.79. The molecule has 0 aliphatic heterocycles. The summed E-state index contributed by atoms with van der Waals surface area (Å²) in [6.07, 6.45) is 0. The Morgan fingerprint density at radius 3 is 2.63 bits per heavy atom. The first-order chi connectivity index (χ1) is 9.19. The summed E-state index contributed by atoms with van der Waals surface area (Å²) in [5.74, 6) is 1.12. The van der Waals surface area contributed by atoms with E-state index in [4.69, 9.17) is 25.8 Å². The summed E-state index contributed by atoms with van der Waals surface area (Å²) in [7, 11) is 4.78. The second kappa shape index (κ2) is 6.23. The highest BCUT2D eigenvalue weighted by Gasteiger charge is 2.13. The molecule has 0 atom stereocenters. The lowest BCUT2D eigenvalue weighted by Crippen LogP contribution is -1.92. The van der Waals surface area contributed by atoms with Crippen LogP contribution in [-0.2, 0) is 11.3 Å². The smallest absolute Gasteiger partial charge is 0.179 e. The minimum atomic E-state index is 0.498. The van der Waals surface area contributed by atoms with Gasteiger partial charge in [0.15, 0.2) is 11.5 Å². The molecule has 1 aromatic carbocycles. The SMILES string of the molecule is COCc1csc(-c2cc(Cl)c(OC)c(OC)c2)n1. The van der Waals surface area contributed by atoms with E-state index in [0.29, 0.717) is 23.1 Å². The Bertz CT molecular complexity index is 571. The average Bonchev–Trinajstić information content (AvgIpc) is 2.86. The van der Waals surface area contributed by atoms with Gasteiger partial charge in [-0.05, 0) is 12.1 Å². The first-order valence-corrected chi connectivity index (χ1v) is 6.80. The molecule has 0 fully saturated rings. The Labute approximate surface area is 120 Å². The number of rotatable bonds is 5. The fourth-order valence-corrected chi connectivity index (χ4v) is 2.78. The van der Waals surface area contributed by atoms with Crippen LogP contribution in [0.4, 0.5) is 0 Å². The number of hydrogen-bond donors (Lipinski definition) is 0. The fourth-order valence-electron chi connectivity index (χ4n) is 1.70. The van der Waals surface area contributed by atoms with Crippen LogP contribution < -0.4 is 9.47 Å². The molecule has 2 rings (SSSR count). The van der Waals surface area contributed by atoms with Gasteiger partial charge in [-0.3, -0.25) is 0 Å². The van der Waals surface area contributed by atoms with Gasteiger partial charge in [0.05, 0.1) is 31.5 Å². The molecule has 0 unspecified atom stereocenters. The van der Waals surface area contributed by atoms with Crippen molar-refractivity contribution in [2.75, 3.05) is 21.3 Å². The molecule has 0 aliphatic carbocycles. The molecule has 0 amide bonds. The molecule has 102 valence electrons. The molecule has 0 saturated heterocycles. The highest BCUT2D eigenvalue weighted by Crippen LogP contribution is 2.39. The van der Waals surface area contributed by atoms with Gasteiger partial charge in [-0.25, -0.2) is 4.98 Å². The van der Waals surface area contributed by atoms with E-state index in [1.165, 1.54) is 11.3 Å². The third-order valence-corrected chi connectivity index (χ3v) is 3.75. The van der Waals surface area contributed by atoms with E-state index in [1.807, 2.05) is 17.5 Å². The molecular formula is C13H14ClNO3S. The number of hydrogen-bond acceptors (Lipinski definition) is 5. The predicted molar refractivity (Wildman–Crippen MR) is 76.4 cm³/mol. The van der Waals surface area contributed by atoms with E-state index in [-0.39, 0.29) is 0 Å². The van der Waals surface area contributed by atoms with E-state index >= 15 is 0 Å². The number of halogens is 1. The minimum Gasteiger partial charge on any atom is -0.493 e. The quantitative estimate of drug-likeness (QED) is 0.845. The summed E-state index contributed by atoms with van der Waals surface area (Å²) in [6, 6.07) is 3.68. The largest absolute Gasteiger partial charge is 0.493 e. The molecule has 2 aromatic rings. The van der Waals surface area contributed by atoms with Crippen LogP contribution in [0.25, 0.3) is 10.6 Å². The predicted octanol–water partition coefficient (Wildman–Crippen LogP) is 3.63. The lowest BCUT2D eigenvalue weighted by atomic mass is 10.2. The standard InChI is InChI=1S/C13H14ClNO3S/c1-16-6-9-7-19-13(15-9)8-4-10(14)12(18-3)11(5-8)17-2/h4-5,7H,6H2,1-3H3. The van der Waals surface area contributed by atoms with Crippen LogP contribution in [0.1, 0.15) is 5.69 Å². The lowest BCUT2D eigenvalue weighted by molar-refractivity contribution is 0.182. The van der Waals surface area contributed by atoms with E-state index in [1.54, 1.807) is 21.3 Å². The van der Waals surface area contributed by atoms with Crippen LogP contribution in [0, 0.1) is 0 Å². The van der Waals surface area contributed by atoms with Gasteiger partial charge in [0, 0.05) is 18.1 Å². The van der Waals surface area contributed by atoms with Crippen LogP contribution in [-0.4, -0.2) is 26.3 Å². The van der Waals surface area contributed by atoms with Crippen molar-refractivity contribution in [1.29, 1.82) is 0 Å². The van der Waals surface area contributed by atoms with Crippen molar-refractivity contribution in [3.8, 4) is 22.1 Å². The van der Waals surface area contributed by atoms with Crippen molar-refractivity contribution in [2.24, 2.45) is 0 Å². The number of nitrogens with zero attached hydrogens (tertiary/aromatic N) is 1. The van der Waals surface area contributed by atoms with E-state index in [2.05, 4.69) is 4.98 Å². The third kappa shape index (κ3) is 3.00. The third-order valence-electron chi connectivity index (χ3n) is 2.52. The minimum absolute atomic E-state index is 0.498. The van der Waals surface area contributed by atoms with Gasteiger partial charge < -0.3 is 14.2 Å². The zero-order chi connectivity index (χ0) is 13.8. The maximum Gasteiger partial charge on any atom is 0.179 e. The van der Waals surface area contributed by atoms with Crippen molar-refractivity contribution in [3.05, 3.63) is 28.2 Å². The summed E-state index contributed by atoms with van der Waals surface area (Å²) in [6.45, 7) is 0.498. The highest BCUT2D eigenvalue weighted by atomic mass is 35.5. The van der Waals surface area contributed by atoms with Crippen LogP contribution in [0.5, 0.6) is 11.5 Å². The number of methoxy groups -OCH3 is 3. The molecule has 4 nitrogen and oxygen atoms in total. The van der Waals surface area contributed by atoms with E-state index in [9.17, 15) is 0 Å². The number of thiazole rings is 1. The van der Waals surface area contributed by atoms with Crippen molar-refractivity contribution in [2.45, 2.75) is 6.61 Å². The number of ether oxygens (including phenoxy) is 3. The van der Waals surface area contributed by atoms with E-state index < -0.39 is 0 Å². The van der Waals surface area contributed by atoms with Crippen molar-refractivity contribution >= 4 is 22.9 Å². The Balaban J connectivity index is 2.41. The molecule has 0 bridgehead atoms.